The lowest BCUT2D eigenvalue weighted by Gasteiger charge is -2.16. The summed E-state index contributed by atoms with van der Waals surface area (Å²) in [5.74, 6) is -1.12. The largest absolute Gasteiger partial charge is 0.345 e. The molecule has 1 unspecified atom stereocenters. The molecule has 0 saturated carbocycles. The van der Waals surface area contributed by atoms with Crippen molar-refractivity contribution >= 4 is 41.7 Å². The third kappa shape index (κ3) is 3.90. The van der Waals surface area contributed by atoms with Crippen molar-refractivity contribution in [2.75, 3.05) is 0 Å². The normalized spacial score (nSPS) is 12.0. The highest BCUT2D eigenvalue weighted by molar-refractivity contribution is 7.80. The lowest BCUT2D eigenvalue weighted by molar-refractivity contribution is 0.0935. The van der Waals surface area contributed by atoms with Gasteiger partial charge in [0.15, 0.2) is 0 Å². The number of rotatable bonds is 3. The Kier molecular flexibility index (Phi) is 5.14. The fourth-order valence-corrected chi connectivity index (χ4v) is 2.67. The zero-order valence-corrected chi connectivity index (χ0v) is 13.4. The molecule has 6 heteroatoms. The Balaban J connectivity index is 2.20. The summed E-state index contributed by atoms with van der Waals surface area (Å²) in [5, 5.41) is 3.65. The SMILES string of the molecule is CC(NC(=O)c1cc(S)ccc1F)c1ccc(Cl)cc1Cl. The van der Waals surface area contributed by atoms with Crippen LogP contribution in [-0.2, 0) is 0 Å². The van der Waals surface area contributed by atoms with Gasteiger partial charge < -0.3 is 5.32 Å². The van der Waals surface area contributed by atoms with Crippen molar-refractivity contribution in [1.82, 2.24) is 5.32 Å². The molecule has 0 heterocycles. The van der Waals surface area contributed by atoms with Gasteiger partial charge in [0, 0.05) is 14.9 Å². The lowest BCUT2D eigenvalue weighted by Crippen LogP contribution is -2.27. The number of hydrogen-bond acceptors (Lipinski definition) is 2. The number of thiol groups is 1. The van der Waals surface area contributed by atoms with Crippen molar-refractivity contribution in [2.24, 2.45) is 0 Å². The van der Waals surface area contributed by atoms with Crippen molar-refractivity contribution < 1.29 is 9.18 Å². The molecule has 1 amide bonds. The standard InChI is InChI=1S/C15H12Cl2FNOS/c1-8(11-4-2-9(16)6-13(11)17)19-15(20)12-7-10(21)3-5-14(12)18/h2-8,21H,1H3,(H,19,20). The van der Waals surface area contributed by atoms with Gasteiger partial charge in [-0.15, -0.1) is 12.6 Å². The van der Waals surface area contributed by atoms with E-state index in [4.69, 9.17) is 23.2 Å². The first-order valence-electron chi connectivity index (χ1n) is 6.13. The zero-order chi connectivity index (χ0) is 15.6. The molecule has 2 aromatic rings. The highest BCUT2D eigenvalue weighted by Crippen LogP contribution is 2.26. The maximum Gasteiger partial charge on any atom is 0.254 e. The molecule has 21 heavy (non-hydrogen) atoms. The third-order valence-electron chi connectivity index (χ3n) is 2.97. The number of nitrogens with one attached hydrogen (secondary N) is 1. The van der Waals surface area contributed by atoms with Gasteiger partial charge in [-0.3, -0.25) is 4.79 Å². The summed E-state index contributed by atoms with van der Waals surface area (Å²) in [6, 6.07) is 8.68. The van der Waals surface area contributed by atoms with E-state index in [1.165, 1.54) is 18.2 Å². The molecular weight excluding hydrogens is 332 g/mol. The van der Waals surface area contributed by atoms with E-state index in [1.807, 2.05) is 0 Å². The van der Waals surface area contributed by atoms with E-state index in [0.717, 1.165) is 0 Å². The number of carbonyl (C=O) groups excluding carboxylic acids is 1. The first-order chi connectivity index (χ1) is 9.88. The van der Waals surface area contributed by atoms with E-state index in [1.54, 1.807) is 25.1 Å². The molecule has 0 aliphatic carbocycles. The van der Waals surface area contributed by atoms with Crippen molar-refractivity contribution in [2.45, 2.75) is 17.9 Å². The average molecular weight is 344 g/mol. The van der Waals surface area contributed by atoms with Gasteiger partial charge in [0.1, 0.15) is 5.82 Å². The van der Waals surface area contributed by atoms with E-state index < -0.39 is 11.7 Å². The molecule has 0 aromatic heterocycles. The van der Waals surface area contributed by atoms with E-state index in [0.29, 0.717) is 20.5 Å². The first kappa shape index (κ1) is 16.1. The Bertz CT molecular complexity index is 693. The van der Waals surface area contributed by atoms with Crippen LogP contribution in [0.25, 0.3) is 0 Å². The summed E-state index contributed by atoms with van der Waals surface area (Å²) in [7, 11) is 0. The first-order valence-corrected chi connectivity index (χ1v) is 7.33. The minimum atomic E-state index is -0.597. The number of carbonyl (C=O) groups is 1. The van der Waals surface area contributed by atoms with Crippen LogP contribution in [0, 0.1) is 5.82 Å². The van der Waals surface area contributed by atoms with Gasteiger partial charge in [0.2, 0.25) is 0 Å². The van der Waals surface area contributed by atoms with E-state index >= 15 is 0 Å². The molecule has 0 spiro atoms. The summed E-state index contributed by atoms with van der Waals surface area (Å²) in [6.45, 7) is 1.76. The second-order valence-electron chi connectivity index (χ2n) is 4.53. The van der Waals surface area contributed by atoms with Crippen LogP contribution in [0.1, 0.15) is 28.9 Å². The van der Waals surface area contributed by atoms with Gasteiger partial charge in [-0.2, -0.15) is 0 Å². The molecule has 1 N–H and O–H groups in total. The predicted molar refractivity (Wildman–Crippen MR) is 86.0 cm³/mol. The van der Waals surface area contributed by atoms with Crippen LogP contribution < -0.4 is 5.32 Å². The Hall–Kier alpha value is -1.23. The van der Waals surface area contributed by atoms with Gasteiger partial charge in [-0.05, 0) is 42.8 Å². The maximum absolute atomic E-state index is 13.7. The molecule has 0 aliphatic rings. The minimum absolute atomic E-state index is 0.0561. The topological polar surface area (TPSA) is 29.1 Å². The van der Waals surface area contributed by atoms with Gasteiger partial charge in [0.25, 0.3) is 5.91 Å². The summed E-state index contributed by atoms with van der Waals surface area (Å²) >= 11 is 16.0. The van der Waals surface area contributed by atoms with Crippen LogP contribution in [0.5, 0.6) is 0 Å². The number of amides is 1. The molecule has 110 valence electrons. The van der Waals surface area contributed by atoms with Gasteiger partial charge in [-0.25, -0.2) is 4.39 Å². The average Bonchev–Trinajstić information content (AvgIpc) is 2.41. The lowest BCUT2D eigenvalue weighted by atomic mass is 10.1. The van der Waals surface area contributed by atoms with Crippen molar-refractivity contribution in [1.29, 1.82) is 0 Å². The molecule has 2 nitrogen and oxygen atoms in total. The minimum Gasteiger partial charge on any atom is -0.345 e. The van der Waals surface area contributed by atoms with Crippen LogP contribution in [0.4, 0.5) is 4.39 Å². The van der Waals surface area contributed by atoms with Crippen LogP contribution >= 0.6 is 35.8 Å². The van der Waals surface area contributed by atoms with Gasteiger partial charge in [-0.1, -0.05) is 29.3 Å². The van der Waals surface area contributed by atoms with Crippen molar-refractivity contribution in [3.05, 3.63) is 63.4 Å². The van der Waals surface area contributed by atoms with Crippen molar-refractivity contribution in [3.63, 3.8) is 0 Å². The quantitative estimate of drug-likeness (QED) is 0.761. The number of benzene rings is 2. The summed E-state index contributed by atoms with van der Waals surface area (Å²) < 4.78 is 13.7. The number of halogens is 3. The highest BCUT2D eigenvalue weighted by atomic mass is 35.5. The summed E-state index contributed by atoms with van der Waals surface area (Å²) in [6.07, 6.45) is 0. The molecule has 0 bridgehead atoms. The second-order valence-corrected chi connectivity index (χ2v) is 5.89. The maximum atomic E-state index is 13.7. The zero-order valence-electron chi connectivity index (χ0n) is 11.0. The van der Waals surface area contributed by atoms with Crippen LogP contribution in [0.3, 0.4) is 0 Å². The van der Waals surface area contributed by atoms with Crippen LogP contribution in [0.15, 0.2) is 41.3 Å². The molecule has 2 rings (SSSR count). The van der Waals surface area contributed by atoms with Crippen LogP contribution in [-0.4, -0.2) is 5.91 Å². The smallest absolute Gasteiger partial charge is 0.254 e. The third-order valence-corrected chi connectivity index (χ3v) is 3.81. The Morgan fingerprint density at radius 2 is 1.95 bits per heavy atom. The van der Waals surface area contributed by atoms with E-state index in [2.05, 4.69) is 17.9 Å². The Morgan fingerprint density at radius 3 is 2.62 bits per heavy atom. The van der Waals surface area contributed by atoms with E-state index in [9.17, 15) is 9.18 Å². The molecule has 0 saturated heterocycles. The fourth-order valence-electron chi connectivity index (χ4n) is 1.89. The molecular formula is C15H12Cl2FNOS. The van der Waals surface area contributed by atoms with E-state index in [-0.39, 0.29) is 11.6 Å². The Morgan fingerprint density at radius 1 is 1.24 bits per heavy atom. The molecule has 0 radical (unpaired) electrons. The van der Waals surface area contributed by atoms with Gasteiger partial charge in [0.05, 0.1) is 11.6 Å². The second kappa shape index (κ2) is 6.69. The highest BCUT2D eigenvalue weighted by Gasteiger charge is 2.17. The Labute approximate surface area is 137 Å². The van der Waals surface area contributed by atoms with Gasteiger partial charge >= 0.3 is 0 Å². The van der Waals surface area contributed by atoms with Crippen LogP contribution in [0.2, 0.25) is 10.0 Å². The fraction of sp³-hybridized carbons (Fsp3) is 0.133. The molecule has 0 aliphatic heterocycles. The summed E-state index contributed by atoms with van der Waals surface area (Å²) in [5.41, 5.74) is 0.649. The molecule has 0 fully saturated rings. The monoisotopic (exact) mass is 343 g/mol. The molecule has 1 atom stereocenters. The summed E-state index contributed by atoms with van der Waals surface area (Å²) in [4.78, 5) is 12.6. The number of hydrogen-bond donors (Lipinski definition) is 2. The molecule has 2 aromatic carbocycles. The predicted octanol–water partition coefficient (Wildman–Crippen LogP) is 4.91. The van der Waals surface area contributed by atoms with Crippen molar-refractivity contribution in [3.8, 4) is 0 Å².